The first-order valence-corrected chi connectivity index (χ1v) is 8.56. The van der Waals surface area contributed by atoms with Crippen molar-refractivity contribution in [3.8, 4) is 11.5 Å². The van der Waals surface area contributed by atoms with Gasteiger partial charge in [-0.25, -0.2) is 0 Å². The van der Waals surface area contributed by atoms with Gasteiger partial charge in [0.05, 0.1) is 0 Å². The molecule has 0 bridgehead atoms. The van der Waals surface area contributed by atoms with E-state index >= 15 is 0 Å². The molecule has 1 unspecified atom stereocenters. The molecule has 0 aromatic heterocycles. The van der Waals surface area contributed by atoms with Crippen LogP contribution in [0.1, 0.15) is 31.0 Å². The van der Waals surface area contributed by atoms with Crippen LogP contribution in [0.25, 0.3) is 0 Å². The van der Waals surface area contributed by atoms with Gasteiger partial charge in [0.1, 0.15) is 11.5 Å². The fourth-order valence-corrected chi connectivity index (χ4v) is 3.19. The van der Waals surface area contributed by atoms with E-state index in [2.05, 4.69) is 57.1 Å². The Hall–Kier alpha value is -0.840. The van der Waals surface area contributed by atoms with Crippen molar-refractivity contribution in [3.63, 3.8) is 0 Å². The second-order valence-corrected chi connectivity index (χ2v) is 6.74. The number of hydrogen-bond acceptors (Lipinski definition) is 2. The number of halogens is 2. The molecule has 2 aromatic rings. The van der Waals surface area contributed by atoms with E-state index in [9.17, 15) is 0 Å². The van der Waals surface area contributed by atoms with Crippen LogP contribution in [0, 0.1) is 6.92 Å². The lowest BCUT2D eigenvalue weighted by Gasteiger charge is -2.16. The lowest BCUT2D eigenvalue weighted by molar-refractivity contribution is 0.477. The SMILES string of the molecule is CCNC(C)c1ccc(Oc2cc(Br)ccc2C)cc1Br. The summed E-state index contributed by atoms with van der Waals surface area (Å²) in [5.74, 6) is 1.69. The predicted molar refractivity (Wildman–Crippen MR) is 95.2 cm³/mol. The molecule has 0 spiro atoms. The Morgan fingerprint density at radius 1 is 1.14 bits per heavy atom. The molecule has 2 nitrogen and oxygen atoms in total. The molecule has 0 aliphatic rings. The standard InChI is InChI=1S/C17H19Br2NO/c1-4-20-12(3)15-8-7-14(10-16(15)19)21-17-9-13(18)6-5-11(17)2/h5-10,12,20H,4H2,1-3H3. The van der Waals surface area contributed by atoms with Crippen LogP contribution in [0.2, 0.25) is 0 Å². The topological polar surface area (TPSA) is 21.3 Å². The van der Waals surface area contributed by atoms with Gasteiger partial charge in [0.2, 0.25) is 0 Å². The normalized spacial score (nSPS) is 12.2. The van der Waals surface area contributed by atoms with Gasteiger partial charge in [-0.3, -0.25) is 0 Å². The van der Waals surface area contributed by atoms with Gasteiger partial charge in [-0.05, 0) is 55.8 Å². The van der Waals surface area contributed by atoms with Crippen LogP contribution >= 0.6 is 31.9 Å². The molecule has 0 amide bonds. The highest BCUT2D eigenvalue weighted by Crippen LogP contribution is 2.32. The van der Waals surface area contributed by atoms with Crippen molar-refractivity contribution in [1.29, 1.82) is 0 Å². The Balaban J connectivity index is 2.22. The smallest absolute Gasteiger partial charge is 0.131 e. The Bertz CT molecular complexity index is 628. The van der Waals surface area contributed by atoms with Crippen LogP contribution in [0.15, 0.2) is 45.3 Å². The monoisotopic (exact) mass is 411 g/mol. The number of hydrogen-bond donors (Lipinski definition) is 1. The molecular formula is C17H19Br2NO. The molecule has 0 aliphatic heterocycles. The van der Waals surface area contributed by atoms with Crippen molar-refractivity contribution in [1.82, 2.24) is 5.32 Å². The number of ether oxygens (including phenoxy) is 1. The van der Waals surface area contributed by atoms with E-state index in [-0.39, 0.29) is 0 Å². The molecule has 2 aromatic carbocycles. The molecule has 1 N–H and O–H groups in total. The van der Waals surface area contributed by atoms with Crippen molar-refractivity contribution in [2.24, 2.45) is 0 Å². The minimum atomic E-state index is 0.311. The van der Waals surface area contributed by atoms with Gasteiger partial charge in [-0.1, -0.05) is 50.9 Å². The first-order chi connectivity index (χ1) is 10.0. The van der Waals surface area contributed by atoms with Crippen molar-refractivity contribution >= 4 is 31.9 Å². The van der Waals surface area contributed by atoms with E-state index in [1.807, 2.05) is 37.3 Å². The van der Waals surface area contributed by atoms with E-state index in [0.717, 1.165) is 32.6 Å². The molecule has 0 saturated carbocycles. The van der Waals surface area contributed by atoms with Crippen LogP contribution in [0.4, 0.5) is 0 Å². The molecular weight excluding hydrogens is 394 g/mol. The number of rotatable bonds is 5. The van der Waals surface area contributed by atoms with E-state index < -0.39 is 0 Å². The number of aryl methyl sites for hydroxylation is 1. The summed E-state index contributed by atoms with van der Waals surface area (Å²) < 4.78 is 8.06. The molecule has 4 heteroatoms. The van der Waals surface area contributed by atoms with Gasteiger partial charge in [0, 0.05) is 15.0 Å². The molecule has 2 rings (SSSR count). The summed E-state index contributed by atoms with van der Waals surface area (Å²) in [5.41, 5.74) is 2.34. The molecule has 1 atom stereocenters. The van der Waals surface area contributed by atoms with Gasteiger partial charge < -0.3 is 10.1 Å². The highest BCUT2D eigenvalue weighted by molar-refractivity contribution is 9.10. The van der Waals surface area contributed by atoms with Crippen LogP contribution in [-0.4, -0.2) is 6.54 Å². The summed E-state index contributed by atoms with van der Waals surface area (Å²) in [6, 6.07) is 12.5. The zero-order valence-corrected chi connectivity index (χ0v) is 15.6. The molecule has 0 fully saturated rings. The van der Waals surface area contributed by atoms with Gasteiger partial charge in [0.15, 0.2) is 0 Å². The van der Waals surface area contributed by atoms with Gasteiger partial charge in [-0.15, -0.1) is 0 Å². The van der Waals surface area contributed by atoms with E-state index in [1.54, 1.807) is 0 Å². The molecule has 0 radical (unpaired) electrons. The lowest BCUT2D eigenvalue weighted by atomic mass is 10.1. The Labute approximate surface area is 143 Å². The van der Waals surface area contributed by atoms with Crippen LogP contribution in [0.3, 0.4) is 0 Å². The minimum absolute atomic E-state index is 0.311. The Morgan fingerprint density at radius 3 is 2.57 bits per heavy atom. The van der Waals surface area contributed by atoms with Crippen molar-refractivity contribution in [2.45, 2.75) is 26.8 Å². The predicted octanol–water partition coefficient (Wildman–Crippen LogP) is 5.98. The average molecular weight is 413 g/mol. The van der Waals surface area contributed by atoms with Crippen molar-refractivity contribution < 1.29 is 4.74 Å². The summed E-state index contributed by atoms with van der Waals surface area (Å²) in [4.78, 5) is 0. The second-order valence-electron chi connectivity index (χ2n) is 4.97. The van der Waals surface area contributed by atoms with E-state index in [1.165, 1.54) is 5.56 Å². The third-order valence-electron chi connectivity index (χ3n) is 3.33. The zero-order chi connectivity index (χ0) is 15.4. The maximum atomic E-state index is 5.99. The largest absolute Gasteiger partial charge is 0.457 e. The van der Waals surface area contributed by atoms with Gasteiger partial charge in [0.25, 0.3) is 0 Å². The number of nitrogens with one attached hydrogen (secondary N) is 1. The highest BCUT2D eigenvalue weighted by Gasteiger charge is 2.10. The summed E-state index contributed by atoms with van der Waals surface area (Å²) in [6.07, 6.45) is 0. The average Bonchev–Trinajstić information content (AvgIpc) is 2.43. The van der Waals surface area contributed by atoms with E-state index in [0.29, 0.717) is 6.04 Å². The fraction of sp³-hybridized carbons (Fsp3) is 0.294. The maximum absolute atomic E-state index is 5.99. The fourth-order valence-electron chi connectivity index (χ4n) is 2.15. The van der Waals surface area contributed by atoms with Gasteiger partial charge in [-0.2, -0.15) is 0 Å². The second kappa shape index (κ2) is 7.43. The Kier molecular flexibility index (Phi) is 5.85. The summed E-state index contributed by atoms with van der Waals surface area (Å²) in [5, 5.41) is 3.41. The molecule has 0 saturated heterocycles. The molecule has 0 aliphatic carbocycles. The quantitative estimate of drug-likeness (QED) is 0.651. The summed E-state index contributed by atoms with van der Waals surface area (Å²) >= 11 is 7.11. The van der Waals surface area contributed by atoms with Crippen LogP contribution in [-0.2, 0) is 0 Å². The first-order valence-electron chi connectivity index (χ1n) is 6.98. The maximum Gasteiger partial charge on any atom is 0.131 e. The lowest BCUT2D eigenvalue weighted by Crippen LogP contribution is -2.17. The molecule has 0 heterocycles. The highest BCUT2D eigenvalue weighted by atomic mass is 79.9. The summed E-state index contributed by atoms with van der Waals surface area (Å²) in [6.45, 7) is 7.25. The Morgan fingerprint density at radius 2 is 1.90 bits per heavy atom. The van der Waals surface area contributed by atoms with Gasteiger partial charge >= 0.3 is 0 Å². The first kappa shape index (κ1) is 16.5. The number of benzene rings is 2. The minimum Gasteiger partial charge on any atom is -0.457 e. The van der Waals surface area contributed by atoms with Crippen molar-refractivity contribution in [3.05, 3.63) is 56.5 Å². The van der Waals surface area contributed by atoms with E-state index in [4.69, 9.17) is 4.74 Å². The third kappa shape index (κ3) is 4.31. The molecule has 112 valence electrons. The van der Waals surface area contributed by atoms with Crippen LogP contribution < -0.4 is 10.1 Å². The third-order valence-corrected chi connectivity index (χ3v) is 4.51. The zero-order valence-electron chi connectivity index (χ0n) is 12.4. The van der Waals surface area contributed by atoms with Crippen LogP contribution in [0.5, 0.6) is 11.5 Å². The molecule has 21 heavy (non-hydrogen) atoms. The summed E-state index contributed by atoms with van der Waals surface area (Å²) in [7, 11) is 0. The van der Waals surface area contributed by atoms with Crippen molar-refractivity contribution in [2.75, 3.05) is 6.54 Å².